The predicted octanol–water partition coefficient (Wildman–Crippen LogP) is 4.09. The normalized spacial score (nSPS) is 41.1. The second-order valence-corrected chi connectivity index (χ2v) is 8.17. The SMILES string of the molecule is Clc1nc(C23CC4CC(CC(C4)C2)C3)nc2c1CCC2. The number of hydrogen-bond donors (Lipinski definition) is 0. The first-order chi connectivity index (χ1) is 9.72. The van der Waals surface area contributed by atoms with Crippen LogP contribution in [0.4, 0.5) is 0 Å². The van der Waals surface area contributed by atoms with Gasteiger partial charge in [-0.25, -0.2) is 9.97 Å². The summed E-state index contributed by atoms with van der Waals surface area (Å²) in [5.41, 5.74) is 2.78. The van der Waals surface area contributed by atoms with E-state index in [1.54, 1.807) is 0 Å². The molecule has 0 saturated heterocycles. The van der Waals surface area contributed by atoms with Crippen LogP contribution >= 0.6 is 11.6 Å². The smallest absolute Gasteiger partial charge is 0.136 e. The molecule has 0 spiro atoms. The van der Waals surface area contributed by atoms with Gasteiger partial charge in [0.15, 0.2) is 0 Å². The van der Waals surface area contributed by atoms with Gasteiger partial charge in [-0.05, 0) is 75.5 Å². The molecule has 3 heteroatoms. The van der Waals surface area contributed by atoms with Crippen LogP contribution in [0.3, 0.4) is 0 Å². The summed E-state index contributed by atoms with van der Waals surface area (Å²) in [6, 6.07) is 0. The Hall–Kier alpha value is -0.630. The van der Waals surface area contributed by atoms with Gasteiger partial charge >= 0.3 is 0 Å². The van der Waals surface area contributed by atoms with Gasteiger partial charge in [0, 0.05) is 16.7 Å². The lowest BCUT2D eigenvalue weighted by Crippen LogP contribution is -2.49. The molecule has 2 nitrogen and oxygen atoms in total. The summed E-state index contributed by atoms with van der Waals surface area (Å²) in [6.45, 7) is 0. The summed E-state index contributed by atoms with van der Waals surface area (Å²) in [4.78, 5) is 9.80. The quantitative estimate of drug-likeness (QED) is 0.728. The molecule has 1 heterocycles. The van der Waals surface area contributed by atoms with Crippen molar-refractivity contribution in [1.29, 1.82) is 0 Å². The van der Waals surface area contributed by atoms with Gasteiger partial charge in [0.25, 0.3) is 0 Å². The molecule has 5 aliphatic rings. The molecule has 106 valence electrons. The molecular weight excluding hydrogens is 268 g/mol. The van der Waals surface area contributed by atoms with Crippen LogP contribution in [0.2, 0.25) is 5.15 Å². The molecule has 0 N–H and O–H groups in total. The molecule has 4 saturated carbocycles. The lowest BCUT2D eigenvalue weighted by Gasteiger charge is -2.56. The van der Waals surface area contributed by atoms with Crippen molar-refractivity contribution in [3.05, 3.63) is 22.2 Å². The van der Waals surface area contributed by atoms with Crippen molar-refractivity contribution < 1.29 is 0 Å². The third-order valence-electron chi connectivity index (χ3n) is 6.40. The first-order valence-electron chi connectivity index (χ1n) is 8.28. The van der Waals surface area contributed by atoms with E-state index in [0.717, 1.165) is 41.6 Å². The average molecular weight is 289 g/mol. The van der Waals surface area contributed by atoms with Crippen LogP contribution in [0.25, 0.3) is 0 Å². The highest BCUT2D eigenvalue weighted by Crippen LogP contribution is 2.60. The number of aromatic nitrogens is 2. The van der Waals surface area contributed by atoms with Crippen LogP contribution in [-0.4, -0.2) is 9.97 Å². The molecule has 4 bridgehead atoms. The average Bonchev–Trinajstić information content (AvgIpc) is 2.86. The minimum atomic E-state index is 0.288. The van der Waals surface area contributed by atoms with Gasteiger partial charge in [0.1, 0.15) is 11.0 Å². The van der Waals surface area contributed by atoms with E-state index in [4.69, 9.17) is 21.6 Å². The van der Waals surface area contributed by atoms with Crippen LogP contribution in [0.5, 0.6) is 0 Å². The fourth-order valence-electron chi connectivity index (χ4n) is 6.01. The number of aryl methyl sites for hydroxylation is 1. The van der Waals surface area contributed by atoms with E-state index >= 15 is 0 Å². The Morgan fingerprint density at radius 1 is 0.900 bits per heavy atom. The summed E-state index contributed by atoms with van der Waals surface area (Å²) in [7, 11) is 0. The Balaban J connectivity index is 1.61. The van der Waals surface area contributed by atoms with Crippen molar-refractivity contribution in [2.45, 2.75) is 63.2 Å². The van der Waals surface area contributed by atoms with E-state index in [1.807, 2.05) is 0 Å². The first kappa shape index (κ1) is 12.0. The fraction of sp³-hybridized carbons (Fsp3) is 0.765. The van der Waals surface area contributed by atoms with Crippen molar-refractivity contribution in [2.75, 3.05) is 0 Å². The van der Waals surface area contributed by atoms with E-state index in [-0.39, 0.29) is 5.41 Å². The highest BCUT2D eigenvalue weighted by molar-refractivity contribution is 6.30. The first-order valence-corrected chi connectivity index (χ1v) is 8.65. The fourth-order valence-corrected chi connectivity index (χ4v) is 6.29. The van der Waals surface area contributed by atoms with Gasteiger partial charge < -0.3 is 0 Å². The van der Waals surface area contributed by atoms with Gasteiger partial charge in [-0.3, -0.25) is 0 Å². The van der Waals surface area contributed by atoms with Crippen molar-refractivity contribution >= 4 is 11.6 Å². The van der Waals surface area contributed by atoms with Crippen LogP contribution < -0.4 is 0 Å². The monoisotopic (exact) mass is 288 g/mol. The summed E-state index contributed by atoms with van der Waals surface area (Å²) in [6.07, 6.45) is 11.8. The highest BCUT2D eigenvalue weighted by Gasteiger charge is 2.53. The largest absolute Gasteiger partial charge is 0.237 e. The maximum Gasteiger partial charge on any atom is 0.136 e. The molecular formula is C17H21ClN2. The Kier molecular flexibility index (Phi) is 2.37. The molecule has 0 atom stereocenters. The molecule has 6 rings (SSSR count). The van der Waals surface area contributed by atoms with Gasteiger partial charge in [0.05, 0.1) is 0 Å². The predicted molar refractivity (Wildman–Crippen MR) is 78.9 cm³/mol. The molecule has 1 aromatic rings. The van der Waals surface area contributed by atoms with Crippen molar-refractivity contribution in [2.24, 2.45) is 17.8 Å². The molecule has 5 aliphatic carbocycles. The Morgan fingerprint density at radius 3 is 2.20 bits per heavy atom. The molecule has 0 unspecified atom stereocenters. The molecule has 1 aromatic heterocycles. The number of rotatable bonds is 1. The lowest BCUT2D eigenvalue weighted by atomic mass is 9.49. The van der Waals surface area contributed by atoms with E-state index in [2.05, 4.69) is 0 Å². The van der Waals surface area contributed by atoms with Crippen LogP contribution in [0, 0.1) is 17.8 Å². The molecule has 4 fully saturated rings. The molecule has 20 heavy (non-hydrogen) atoms. The van der Waals surface area contributed by atoms with E-state index in [9.17, 15) is 0 Å². The standard InChI is InChI=1S/C17H21ClN2/c18-15-13-2-1-3-14(13)19-16(20-15)17-7-10-4-11(8-17)6-12(5-10)9-17/h10-12H,1-9H2. The van der Waals surface area contributed by atoms with Crippen molar-refractivity contribution in [3.63, 3.8) is 0 Å². The lowest BCUT2D eigenvalue weighted by molar-refractivity contribution is -0.00948. The van der Waals surface area contributed by atoms with Crippen LogP contribution in [0.1, 0.15) is 62.0 Å². The summed E-state index contributed by atoms with van der Waals surface area (Å²) in [5.74, 6) is 3.94. The molecule has 0 aromatic carbocycles. The van der Waals surface area contributed by atoms with E-state index in [1.165, 1.54) is 56.2 Å². The topological polar surface area (TPSA) is 25.8 Å². The van der Waals surface area contributed by atoms with Crippen molar-refractivity contribution in [3.8, 4) is 0 Å². The molecule has 0 amide bonds. The number of hydrogen-bond acceptors (Lipinski definition) is 2. The highest BCUT2D eigenvalue weighted by atomic mass is 35.5. The third kappa shape index (κ3) is 1.57. The van der Waals surface area contributed by atoms with Gasteiger partial charge in [0.2, 0.25) is 0 Å². The van der Waals surface area contributed by atoms with Gasteiger partial charge in [-0.2, -0.15) is 0 Å². The summed E-state index contributed by atoms with van der Waals surface area (Å²) in [5, 5.41) is 0.762. The number of nitrogens with zero attached hydrogens (tertiary/aromatic N) is 2. The minimum Gasteiger partial charge on any atom is -0.237 e. The Morgan fingerprint density at radius 2 is 1.55 bits per heavy atom. The van der Waals surface area contributed by atoms with Crippen LogP contribution in [-0.2, 0) is 18.3 Å². The molecule has 0 radical (unpaired) electrons. The zero-order valence-corrected chi connectivity index (χ0v) is 12.6. The maximum atomic E-state index is 6.46. The maximum absolute atomic E-state index is 6.46. The number of fused-ring (bicyclic) bond motifs is 1. The second kappa shape index (κ2) is 3.97. The Bertz CT molecular complexity index is 545. The summed E-state index contributed by atoms with van der Waals surface area (Å²) < 4.78 is 0. The van der Waals surface area contributed by atoms with E-state index < -0.39 is 0 Å². The second-order valence-electron chi connectivity index (χ2n) is 7.81. The Labute approximate surface area is 125 Å². The van der Waals surface area contributed by atoms with Gasteiger partial charge in [-0.1, -0.05) is 11.6 Å². The van der Waals surface area contributed by atoms with E-state index in [0.29, 0.717) is 0 Å². The zero-order chi connectivity index (χ0) is 13.3. The summed E-state index contributed by atoms with van der Waals surface area (Å²) >= 11 is 6.46. The van der Waals surface area contributed by atoms with Crippen molar-refractivity contribution in [1.82, 2.24) is 9.97 Å². The zero-order valence-electron chi connectivity index (χ0n) is 11.9. The third-order valence-corrected chi connectivity index (χ3v) is 6.71. The van der Waals surface area contributed by atoms with Gasteiger partial charge in [-0.15, -0.1) is 0 Å². The minimum absolute atomic E-state index is 0.288. The van der Waals surface area contributed by atoms with Crippen LogP contribution in [0.15, 0.2) is 0 Å². The number of halogens is 1. The molecule has 0 aliphatic heterocycles.